The molecule has 1 heterocycles. The Balaban J connectivity index is 1.57. The Morgan fingerprint density at radius 3 is 2.15 bits per heavy atom. The number of aryl methyl sites for hydroxylation is 1. The van der Waals surface area contributed by atoms with Gasteiger partial charge in [0.1, 0.15) is 0 Å². The average Bonchev–Trinajstić information content (AvgIpc) is 2.99. The third kappa shape index (κ3) is 3.98. The van der Waals surface area contributed by atoms with Crippen molar-refractivity contribution < 1.29 is 4.79 Å². The number of ketones is 1. The van der Waals surface area contributed by atoms with Gasteiger partial charge in [-0.1, -0.05) is 84.9 Å². The van der Waals surface area contributed by atoms with Gasteiger partial charge in [-0.3, -0.25) is 9.59 Å². The molecule has 0 bridgehead atoms. The van der Waals surface area contributed by atoms with E-state index in [2.05, 4.69) is 34.9 Å². The predicted octanol–water partition coefficient (Wildman–Crippen LogP) is 7.65. The highest BCUT2D eigenvalue weighted by molar-refractivity contribution is 6.13. The molecule has 1 aliphatic rings. The zero-order valence-corrected chi connectivity index (χ0v) is 21.5. The van der Waals surface area contributed by atoms with Gasteiger partial charge in [0.05, 0.1) is 11.0 Å². The van der Waals surface area contributed by atoms with Gasteiger partial charge in [-0.25, -0.2) is 0 Å². The van der Waals surface area contributed by atoms with Crippen molar-refractivity contribution in [3.05, 3.63) is 159 Å². The summed E-state index contributed by atoms with van der Waals surface area (Å²) in [6.07, 6.45) is 2.54. The van der Waals surface area contributed by atoms with Gasteiger partial charge in [0.15, 0.2) is 11.2 Å². The number of aromatic nitrogens is 1. The Hall–Kier alpha value is -4.76. The van der Waals surface area contributed by atoms with Crippen molar-refractivity contribution in [2.24, 2.45) is 0 Å². The predicted molar refractivity (Wildman–Crippen MR) is 158 cm³/mol. The highest BCUT2D eigenvalue weighted by Gasteiger charge is 2.27. The molecular weight excluding hydrogens is 478 g/mol. The quantitative estimate of drug-likeness (QED) is 0.232. The third-order valence-electron chi connectivity index (χ3n) is 8.09. The molecule has 188 valence electrons. The second kappa shape index (κ2) is 9.52. The van der Waals surface area contributed by atoms with E-state index >= 15 is 0 Å². The minimum atomic E-state index is 0.00366. The van der Waals surface area contributed by atoms with Gasteiger partial charge < -0.3 is 4.57 Å². The smallest absolute Gasteiger partial charge is 0.197 e. The number of carbonyl (C=O) groups is 1. The van der Waals surface area contributed by atoms with Gasteiger partial charge in [-0.15, -0.1) is 0 Å². The summed E-state index contributed by atoms with van der Waals surface area (Å²) in [5.74, 6) is 0.139. The Bertz CT molecular complexity index is 1920. The van der Waals surface area contributed by atoms with Crippen LogP contribution in [0.4, 0.5) is 0 Å². The molecule has 0 saturated heterocycles. The van der Waals surface area contributed by atoms with Crippen LogP contribution in [0.1, 0.15) is 45.0 Å². The molecule has 1 unspecified atom stereocenters. The summed E-state index contributed by atoms with van der Waals surface area (Å²) in [6.45, 7) is 0. The fourth-order valence-electron chi connectivity index (χ4n) is 6.20. The fraction of sp³-hybridized carbons (Fsp3) is 0.111. The minimum Gasteiger partial charge on any atom is -0.309 e. The number of nitrogens with zero attached hydrogens (tertiary/aromatic N) is 1. The molecule has 0 radical (unpaired) electrons. The Morgan fingerprint density at radius 1 is 0.641 bits per heavy atom. The first-order valence-electron chi connectivity index (χ1n) is 13.5. The van der Waals surface area contributed by atoms with E-state index in [0.29, 0.717) is 16.3 Å². The number of pyridine rings is 1. The zero-order chi connectivity index (χ0) is 26.3. The van der Waals surface area contributed by atoms with Gasteiger partial charge in [-0.2, -0.15) is 0 Å². The van der Waals surface area contributed by atoms with Gasteiger partial charge in [0.25, 0.3) is 0 Å². The molecule has 6 aromatic rings. The molecule has 0 saturated carbocycles. The summed E-state index contributed by atoms with van der Waals surface area (Å²) in [5, 5.41) is 1.33. The molecule has 0 aliphatic heterocycles. The molecule has 1 atom stereocenters. The molecule has 1 aliphatic carbocycles. The molecule has 7 rings (SSSR count). The lowest BCUT2D eigenvalue weighted by Crippen LogP contribution is -2.19. The molecule has 0 amide bonds. The minimum absolute atomic E-state index is 0.00366. The number of para-hydroxylation sites is 2. The van der Waals surface area contributed by atoms with Crippen molar-refractivity contribution in [3.8, 4) is 5.69 Å². The first-order chi connectivity index (χ1) is 19.2. The van der Waals surface area contributed by atoms with Crippen molar-refractivity contribution in [2.75, 3.05) is 0 Å². The summed E-state index contributed by atoms with van der Waals surface area (Å²) in [6, 6.07) is 40.2. The van der Waals surface area contributed by atoms with Crippen LogP contribution in [0.25, 0.3) is 27.5 Å². The molecule has 0 N–H and O–H groups in total. The summed E-state index contributed by atoms with van der Waals surface area (Å²) < 4.78 is 2.12. The van der Waals surface area contributed by atoms with E-state index in [1.54, 1.807) is 0 Å². The second-order valence-electron chi connectivity index (χ2n) is 10.4. The summed E-state index contributed by atoms with van der Waals surface area (Å²) in [7, 11) is 0. The Kier molecular flexibility index (Phi) is 5.70. The van der Waals surface area contributed by atoms with Crippen LogP contribution in [-0.4, -0.2) is 10.4 Å². The summed E-state index contributed by atoms with van der Waals surface area (Å²) >= 11 is 0. The highest BCUT2D eigenvalue weighted by Crippen LogP contribution is 2.36. The number of rotatable bonds is 3. The SMILES string of the molecule is O=C1c2ccccc2CCC(Cc2ccccc2)c2cc3c(=O)c4ccccc4n(-c4ccccc4)c3cc21. The van der Waals surface area contributed by atoms with Crippen molar-refractivity contribution in [3.63, 3.8) is 0 Å². The molecule has 0 fully saturated rings. The maximum atomic E-state index is 14.2. The van der Waals surface area contributed by atoms with Crippen LogP contribution in [0.3, 0.4) is 0 Å². The number of hydrogen-bond donors (Lipinski definition) is 0. The molecule has 5 aromatic carbocycles. The zero-order valence-electron chi connectivity index (χ0n) is 21.5. The van der Waals surface area contributed by atoms with Crippen LogP contribution >= 0.6 is 0 Å². The van der Waals surface area contributed by atoms with Gasteiger partial charge in [0, 0.05) is 27.6 Å². The first kappa shape index (κ1) is 23.4. The van der Waals surface area contributed by atoms with E-state index in [1.807, 2.05) is 91.0 Å². The summed E-state index contributed by atoms with van der Waals surface area (Å²) in [5.41, 5.74) is 7.29. The average molecular weight is 506 g/mol. The number of fused-ring (bicyclic) bond motifs is 4. The number of hydrogen-bond acceptors (Lipinski definition) is 2. The van der Waals surface area contributed by atoms with Crippen LogP contribution in [0.2, 0.25) is 0 Å². The maximum absolute atomic E-state index is 14.2. The monoisotopic (exact) mass is 505 g/mol. The summed E-state index contributed by atoms with van der Waals surface area (Å²) in [4.78, 5) is 28.2. The molecular formula is C36H27NO2. The lowest BCUT2D eigenvalue weighted by atomic mass is 9.78. The van der Waals surface area contributed by atoms with E-state index < -0.39 is 0 Å². The normalized spacial score (nSPS) is 15.0. The topological polar surface area (TPSA) is 39.1 Å². The molecule has 3 heteroatoms. The Labute approximate surface area is 227 Å². The van der Waals surface area contributed by atoms with Crippen molar-refractivity contribution in [1.82, 2.24) is 4.57 Å². The van der Waals surface area contributed by atoms with Crippen LogP contribution in [0.5, 0.6) is 0 Å². The van der Waals surface area contributed by atoms with Crippen LogP contribution in [-0.2, 0) is 12.8 Å². The van der Waals surface area contributed by atoms with E-state index in [9.17, 15) is 9.59 Å². The van der Waals surface area contributed by atoms with Gasteiger partial charge >= 0.3 is 0 Å². The van der Waals surface area contributed by atoms with E-state index in [4.69, 9.17) is 0 Å². The highest BCUT2D eigenvalue weighted by atomic mass is 16.1. The lowest BCUT2D eigenvalue weighted by Gasteiger charge is -2.26. The third-order valence-corrected chi connectivity index (χ3v) is 8.09. The fourth-order valence-corrected chi connectivity index (χ4v) is 6.20. The van der Waals surface area contributed by atoms with Gasteiger partial charge in [0.2, 0.25) is 0 Å². The lowest BCUT2D eigenvalue weighted by molar-refractivity contribution is 0.103. The van der Waals surface area contributed by atoms with Gasteiger partial charge in [-0.05, 0) is 78.3 Å². The van der Waals surface area contributed by atoms with Crippen LogP contribution in [0.15, 0.2) is 126 Å². The van der Waals surface area contributed by atoms with E-state index in [-0.39, 0.29) is 17.1 Å². The van der Waals surface area contributed by atoms with Crippen molar-refractivity contribution >= 4 is 27.6 Å². The standard InChI is InChI=1S/C36H27NO2/c38-35-28-16-8-7-13-25(28)19-20-26(21-24-11-3-1-4-12-24)30-22-32-34(23-31(30)35)37(27-14-5-2-6-15-27)33-18-10-9-17-29(33)36(32)39/h1-18,22-23,26H,19-21H2. The first-order valence-corrected chi connectivity index (χ1v) is 13.5. The Morgan fingerprint density at radius 2 is 1.33 bits per heavy atom. The van der Waals surface area contributed by atoms with E-state index in [0.717, 1.165) is 52.7 Å². The molecule has 0 spiro atoms. The molecule has 3 nitrogen and oxygen atoms in total. The number of carbonyl (C=O) groups excluding carboxylic acids is 1. The largest absolute Gasteiger partial charge is 0.309 e. The second-order valence-corrected chi connectivity index (χ2v) is 10.4. The van der Waals surface area contributed by atoms with Crippen LogP contribution < -0.4 is 5.43 Å². The molecule has 1 aromatic heterocycles. The van der Waals surface area contributed by atoms with E-state index in [1.165, 1.54) is 5.56 Å². The molecule has 39 heavy (non-hydrogen) atoms. The maximum Gasteiger partial charge on any atom is 0.197 e. The number of benzene rings is 5. The van der Waals surface area contributed by atoms with Crippen LogP contribution in [0, 0.1) is 0 Å². The van der Waals surface area contributed by atoms with Crippen molar-refractivity contribution in [2.45, 2.75) is 25.2 Å². The van der Waals surface area contributed by atoms with Crippen molar-refractivity contribution in [1.29, 1.82) is 0 Å².